The van der Waals surface area contributed by atoms with Gasteiger partial charge in [0.15, 0.2) is 0 Å². The number of para-hydroxylation sites is 1. The Hall–Kier alpha value is -5.04. The number of benzene rings is 4. The summed E-state index contributed by atoms with van der Waals surface area (Å²) in [5.41, 5.74) is 4.05. The van der Waals surface area contributed by atoms with E-state index in [9.17, 15) is 19.2 Å². The topological polar surface area (TPSA) is 95.6 Å². The highest BCUT2D eigenvalue weighted by Crippen LogP contribution is 2.25. The highest BCUT2D eigenvalue weighted by atomic mass is 16.2. The molecule has 0 saturated carbocycles. The average Bonchev–Trinajstić information content (AvgIpc) is 3.15. The molecule has 5 rings (SSSR count). The molecule has 0 unspecified atom stereocenters. The lowest BCUT2D eigenvalue weighted by Crippen LogP contribution is -2.29. The van der Waals surface area contributed by atoms with Crippen LogP contribution in [0.5, 0.6) is 0 Å². The van der Waals surface area contributed by atoms with Crippen molar-refractivity contribution >= 4 is 35.0 Å². The first-order chi connectivity index (χ1) is 17.9. The largest absolute Gasteiger partial charge is 0.322 e. The molecule has 4 amide bonds. The highest BCUT2D eigenvalue weighted by molar-refractivity contribution is 6.21. The van der Waals surface area contributed by atoms with E-state index < -0.39 is 0 Å². The number of nitrogens with zero attached hydrogens (tertiary/aromatic N) is 1. The molecule has 2 N–H and O–H groups in total. The van der Waals surface area contributed by atoms with E-state index in [0.29, 0.717) is 44.8 Å². The minimum Gasteiger partial charge on any atom is -0.322 e. The van der Waals surface area contributed by atoms with Crippen LogP contribution in [0, 0.1) is 6.92 Å². The predicted octanol–water partition coefficient (Wildman–Crippen LogP) is 5.30. The molecule has 0 spiro atoms. The van der Waals surface area contributed by atoms with Crippen molar-refractivity contribution in [3.8, 4) is 0 Å². The molecular formula is C30H23N3O4. The second-order valence-corrected chi connectivity index (χ2v) is 8.69. The number of rotatable bonds is 6. The second kappa shape index (κ2) is 9.91. The Kier molecular flexibility index (Phi) is 6.34. The third-order valence-corrected chi connectivity index (χ3v) is 6.27. The van der Waals surface area contributed by atoms with Gasteiger partial charge in [-0.2, -0.15) is 0 Å². The zero-order valence-electron chi connectivity index (χ0n) is 20.0. The Bertz CT molecular complexity index is 1510. The molecule has 7 nitrogen and oxygen atoms in total. The molecule has 0 radical (unpaired) electrons. The fourth-order valence-corrected chi connectivity index (χ4v) is 4.31. The van der Waals surface area contributed by atoms with Crippen LogP contribution in [0.2, 0.25) is 0 Å². The van der Waals surface area contributed by atoms with Gasteiger partial charge < -0.3 is 10.6 Å². The zero-order chi connectivity index (χ0) is 25.9. The highest BCUT2D eigenvalue weighted by Gasteiger charge is 2.35. The zero-order valence-corrected chi connectivity index (χ0v) is 20.0. The van der Waals surface area contributed by atoms with E-state index in [0.717, 1.165) is 0 Å². The summed E-state index contributed by atoms with van der Waals surface area (Å²) in [6.45, 7) is 1.83. The molecule has 1 aliphatic heterocycles. The van der Waals surface area contributed by atoms with Crippen LogP contribution in [0.15, 0.2) is 97.1 Å². The smallest absolute Gasteiger partial charge is 0.261 e. The third kappa shape index (κ3) is 4.75. The fourth-order valence-electron chi connectivity index (χ4n) is 4.31. The monoisotopic (exact) mass is 489 g/mol. The molecule has 0 bridgehead atoms. The number of nitrogens with one attached hydrogen (secondary N) is 2. The van der Waals surface area contributed by atoms with E-state index in [1.165, 1.54) is 4.90 Å². The summed E-state index contributed by atoms with van der Waals surface area (Å²) >= 11 is 0. The molecule has 182 valence electrons. The molecule has 0 aliphatic carbocycles. The van der Waals surface area contributed by atoms with Gasteiger partial charge in [0.2, 0.25) is 0 Å². The number of imide groups is 1. The van der Waals surface area contributed by atoms with Crippen LogP contribution in [0.1, 0.15) is 52.6 Å². The number of carbonyl (C=O) groups is 4. The van der Waals surface area contributed by atoms with Gasteiger partial charge in [0.25, 0.3) is 23.6 Å². The molecular weight excluding hydrogens is 466 g/mol. The van der Waals surface area contributed by atoms with E-state index in [1.54, 1.807) is 85.8 Å². The van der Waals surface area contributed by atoms with Gasteiger partial charge in [-0.05, 0) is 66.6 Å². The molecule has 4 aromatic carbocycles. The van der Waals surface area contributed by atoms with Gasteiger partial charge in [-0.25, -0.2) is 0 Å². The van der Waals surface area contributed by atoms with Crippen molar-refractivity contribution in [1.82, 2.24) is 4.90 Å². The maximum atomic E-state index is 13.1. The Morgan fingerprint density at radius 1 is 0.703 bits per heavy atom. The molecule has 1 aliphatic rings. The van der Waals surface area contributed by atoms with Gasteiger partial charge in [0.1, 0.15) is 0 Å². The SMILES string of the molecule is Cc1c(NC(=O)c2cccc(CN3C(=O)c4ccccc4C3=O)c2)cccc1C(=O)Nc1ccccc1. The summed E-state index contributed by atoms with van der Waals surface area (Å²) in [6, 6.07) is 27.8. The summed E-state index contributed by atoms with van der Waals surface area (Å²) in [7, 11) is 0. The number of hydrogen-bond donors (Lipinski definition) is 2. The van der Waals surface area contributed by atoms with Crippen LogP contribution in [0.3, 0.4) is 0 Å². The van der Waals surface area contributed by atoms with Crippen LogP contribution < -0.4 is 10.6 Å². The normalized spacial score (nSPS) is 12.3. The average molecular weight is 490 g/mol. The van der Waals surface area contributed by atoms with Crippen LogP contribution in [-0.2, 0) is 6.54 Å². The maximum Gasteiger partial charge on any atom is 0.261 e. The predicted molar refractivity (Wildman–Crippen MR) is 141 cm³/mol. The first-order valence-electron chi connectivity index (χ1n) is 11.7. The first kappa shape index (κ1) is 23.7. The second-order valence-electron chi connectivity index (χ2n) is 8.69. The minimum absolute atomic E-state index is 0.0572. The van der Waals surface area contributed by atoms with E-state index in [-0.39, 0.29) is 30.2 Å². The van der Waals surface area contributed by atoms with E-state index in [2.05, 4.69) is 10.6 Å². The standard InChI is InChI=1S/C30H23N3O4/c1-19-23(28(35)31-22-11-3-2-4-12-22)15-8-16-26(19)32-27(34)21-10-7-9-20(17-21)18-33-29(36)24-13-5-6-14-25(24)30(33)37/h2-17H,18H2,1H3,(H,31,35)(H,32,34). The molecule has 0 fully saturated rings. The molecule has 37 heavy (non-hydrogen) atoms. The van der Waals surface area contributed by atoms with Gasteiger partial charge in [-0.15, -0.1) is 0 Å². The number of hydrogen-bond acceptors (Lipinski definition) is 4. The lowest BCUT2D eigenvalue weighted by Gasteiger charge is -2.15. The van der Waals surface area contributed by atoms with Gasteiger partial charge >= 0.3 is 0 Å². The Balaban J connectivity index is 1.31. The van der Waals surface area contributed by atoms with E-state index in [1.807, 2.05) is 18.2 Å². The fraction of sp³-hybridized carbons (Fsp3) is 0.0667. The van der Waals surface area contributed by atoms with E-state index in [4.69, 9.17) is 0 Å². The maximum absolute atomic E-state index is 13.1. The summed E-state index contributed by atoms with van der Waals surface area (Å²) in [4.78, 5) is 52.5. The molecule has 0 saturated heterocycles. The van der Waals surface area contributed by atoms with E-state index >= 15 is 0 Å². The number of anilines is 2. The summed E-state index contributed by atoms with van der Waals surface area (Å²) < 4.78 is 0. The summed E-state index contributed by atoms with van der Waals surface area (Å²) in [5, 5.41) is 5.73. The van der Waals surface area contributed by atoms with Crippen LogP contribution in [-0.4, -0.2) is 28.5 Å². The van der Waals surface area contributed by atoms with Crippen LogP contribution in [0.25, 0.3) is 0 Å². The van der Waals surface area contributed by atoms with Gasteiger partial charge in [0.05, 0.1) is 17.7 Å². The Morgan fingerprint density at radius 2 is 1.35 bits per heavy atom. The number of fused-ring (bicyclic) bond motifs is 1. The molecule has 0 atom stereocenters. The lowest BCUT2D eigenvalue weighted by atomic mass is 10.0. The van der Waals surface area contributed by atoms with Gasteiger partial charge in [0, 0.05) is 22.5 Å². The molecule has 1 heterocycles. The van der Waals surface area contributed by atoms with Crippen molar-refractivity contribution in [2.45, 2.75) is 13.5 Å². The van der Waals surface area contributed by atoms with Crippen molar-refractivity contribution in [2.24, 2.45) is 0 Å². The van der Waals surface area contributed by atoms with Crippen molar-refractivity contribution in [3.63, 3.8) is 0 Å². The Labute approximate surface area is 213 Å². The van der Waals surface area contributed by atoms with Crippen molar-refractivity contribution < 1.29 is 19.2 Å². The quantitative estimate of drug-likeness (QED) is 0.360. The molecule has 0 aromatic heterocycles. The van der Waals surface area contributed by atoms with Gasteiger partial charge in [-0.1, -0.05) is 48.5 Å². The molecule has 7 heteroatoms. The Morgan fingerprint density at radius 3 is 2.05 bits per heavy atom. The summed E-state index contributed by atoms with van der Waals surface area (Å²) in [6.07, 6.45) is 0. The molecule has 4 aromatic rings. The number of carbonyl (C=O) groups excluding carboxylic acids is 4. The van der Waals surface area contributed by atoms with Crippen LogP contribution >= 0.6 is 0 Å². The number of amides is 4. The van der Waals surface area contributed by atoms with Crippen molar-refractivity contribution in [3.05, 3.63) is 130 Å². The van der Waals surface area contributed by atoms with Gasteiger partial charge in [-0.3, -0.25) is 24.1 Å². The third-order valence-electron chi connectivity index (χ3n) is 6.27. The lowest BCUT2D eigenvalue weighted by molar-refractivity contribution is 0.0642. The van der Waals surface area contributed by atoms with Crippen molar-refractivity contribution in [2.75, 3.05) is 10.6 Å². The first-order valence-corrected chi connectivity index (χ1v) is 11.7. The minimum atomic E-state index is -0.368. The summed E-state index contributed by atoms with van der Waals surface area (Å²) in [5.74, 6) is -1.34. The van der Waals surface area contributed by atoms with Crippen LogP contribution in [0.4, 0.5) is 11.4 Å². The van der Waals surface area contributed by atoms with Crippen molar-refractivity contribution in [1.29, 1.82) is 0 Å².